The van der Waals surface area contributed by atoms with Gasteiger partial charge in [-0.3, -0.25) is 10.2 Å². The van der Waals surface area contributed by atoms with Crippen LogP contribution in [0.15, 0.2) is 48.5 Å². The number of nitrogen functional groups attached to an aromatic ring is 1. The molecule has 1 unspecified atom stereocenters. The van der Waals surface area contributed by atoms with E-state index >= 15 is 0 Å². The zero-order chi connectivity index (χ0) is 21.7. The SMILES string of the molecule is CC(C)(C)OC(=O)NNC1CCCN(c2ccc(C(=O)c3ccccc3N)cc2)C1. The van der Waals surface area contributed by atoms with E-state index in [4.69, 9.17) is 10.5 Å². The first-order valence-electron chi connectivity index (χ1n) is 10.2. The van der Waals surface area contributed by atoms with Gasteiger partial charge in [0.15, 0.2) is 5.78 Å². The molecule has 1 heterocycles. The van der Waals surface area contributed by atoms with E-state index in [1.54, 1.807) is 12.1 Å². The van der Waals surface area contributed by atoms with Gasteiger partial charge in [0.05, 0.1) is 0 Å². The fourth-order valence-electron chi connectivity index (χ4n) is 3.48. The zero-order valence-corrected chi connectivity index (χ0v) is 17.8. The van der Waals surface area contributed by atoms with E-state index in [9.17, 15) is 9.59 Å². The van der Waals surface area contributed by atoms with Crippen LogP contribution in [-0.2, 0) is 4.74 Å². The Hall–Kier alpha value is -3.06. The first kappa shape index (κ1) is 21.6. The molecule has 0 saturated carbocycles. The molecule has 1 aliphatic heterocycles. The van der Waals surface area contributed by atoms with Gasteiger partial charge in [0.2, 0.25) is 0 Å². The maximum absolute atomic E-state index is 12.7. The first-order valence-corrected chi connectivity index (χ1v) is 10.2. The number of piperidine rings is 1. The number of rotatable bonds is 5. The minimum atomic E-state index is -0.534. The summed E-state index contributed by atoms with van der Waals surface area (Å²) < 4.78 is 5.25. The lowest BCUT2D eigenvalue weighted by atomic mass is 10.0. The minimum absolute atomic E-state index is 0.0839. The summed E-state index contributed by atoms with van der Waals surface area (Å²) in [6, 6.07) is 14.8. The molecule has 1 amide bonds. The second-order valence-corrected chi connectivity index (χ2v) is 8.52. The summed E-state index contributed by atoms with van der Waals surface area (Å²) in [6.45, 7) is 7.15. The van der Waals surface area contributed by atoms with Crippen LogP contribution in [-0.4, -0.2) is 36.6 Å². The number of anilines is 2. The summed E-state index contributed by atoms with van der Waals surface area (Å²) in [5.41, 5.74) is 13.7. The number of benzene rings is 2. The van der Waals surface area contributed by atoms with Gasteiger partial charge >= 0.3 is 6.09 Å². The summed E-state index contributed by atoms with van der Waals surface area (Å²) in [7, 11) is 0. The fourth-order valence-corrected chi connectivity index (χ4v) is 3.48. The molecule has 30 heavy (non-hydrogen) atoms. The van der Waals surface area contributed by atoms with Crippen LogP contribution in [0.4, 0.5) is 16.2 Å². The van der Waals surface area contributed by atoms with Crippen LogP contribution < -0.4 is 21.5 Å². The van der Waals surface area contributed by atoms with Crippen molar-refractivity contribution in [1.82, 2.24) is 10.9 Å². The van der Waals surface area contributed by atoms with Crippen molar-refractivity contribution >= 4 is 23.3 Å². The maximum Gasteiger partial charge on any atom is 0.422 e. The molecule has 4 N–H and O–H groups in total. The van der Waals surface area contributed by atoms with Crippen molar-refractivity contribution in [2.75, 3.05) is 23.7 Å². The van der Waals surface area contributed by atoms with E-state index in [-0.39, 0.29) is 11.8 Å². The summed E-state index contributed by atoms with van der Waals surface area (Å²) in [4.78, 5) is 26.8. The van der Waals surface area contributed by atoms with Crippen molar-refractivity contribution in [1.29, 1.82) is 0 Å². The second-order valence-electron chi connectivity index (χ2n) is 8.52. The Labute approximate surface area is 177 Å². The fraction of sp³-hybridized carbons (Fsp3) is 0.391. The quantitative estimate of drug-likeness (QED) is 0.397. The Morgan fingerprint density at radius 1 is 1.10 bits per heavy atom. The summed E-state index contributed by atoms with van der Waals surface area (Å²) in [6.07, 6.45) is 1.47. The molecule has 1 saturated heterocycles. The molecule has 3 rings (SSSR count). The smallest absolute Gasteiger partial charge is 0.422 e. The Kier molecular flexibility index (Phi) is 6.62. The number of ketones is 1. The van der Waals surface area contributed by atoms with Gasteiger partial charge in [-0.05, 0) is 70.0 Å². The average molecular weight is 411 g/mol. The molecule has 1 fully saturated rings. The van der Waals surface area contributed by atoms with Gasteiger partial charge in [-0.1, -0.05) is 12.1 Å². The van der Waals surface area contributed by atoms with Gasteiger partial charge in [-0.15, -0.1) is 0 Å². The van der Waals surface area contributed by atoms with Crippen LogP contribution in [0.2, 0.25) is 0 Å². The number of amides is 1. The third kappa shape index (κ3) is 5.73. The lowest BCUT2D eigenvalue weighted by Gasteiger charge is -2.35. The standard InChI is InChI=1S/C23H30N4O3/c1-23(2,3)30-22(29)26-25-17-7-6-14-27(15-17)18-12-10-16(11-13-18)21(28)19-8-4-5-9-20(19)24/h4-5,8-13,17,25H,6-7,14-15,24H2,1-3H3,(H,26,29). The van der Waals surface area contributed by atoms with Gasteiger partial charge < -0.3 is 15.4 Å². The van der Waals surface area contributed by atoms with E-state index in [1.165, 1.54) is 0 Å². The summed E-state index contributed by atoms with van der Waals surface area (Å²) in [5.74, 6) is -0.0839. The normalized spacial score (nSPS) is 16.8. The van der Waals surface area contributed by atoms with Crippen molar-refractivity contribution in [3.05, 3.63) is 59.7 Å². The van der Waals surface area contributed by atoms with Crippen LogP contribution in [0.3, 0.4) is 0 Å². The van der Waals surface area contributed by atoms with E-state index in [1.807, 2.05) is 57.2 Å². The van der Waals surface area contributed by atoms with Gasteiger partial charge in [-0.25, -0.2) is 10.2 Å². The lowest BCUT2D eigenvalue weighted by Crippen LogP contribution is -2.53. The Bertz CT molecular complexity index is 890. The first-order chi connectivity index (χ1) is 14.2. The molecule has 1 atom stereocenters. The molecule has 160 valence electrons. The highest BCUT2D eigenvalue weighted by atomic mass is 16.6. The number of carbonyl (C=O) groups excluding carboxylic acids is 2. The number of ether oxygens (including phenoxy) is 1. The van der Waals surface area contributed by atoms with Crippen molar-refractivity contribution in [3.8, 4) is 0 Å². The summed E-state index contributed by atoms with van der Waals surface area (Å²) in [5, 5.41) is 0. The van der Waals surface area contributed by atoms with Crippen molar-refractivity contribution < 1.29 is 14.3 Å². The third-order valence-electron chi connectivity index (χ3n) is 4.90. The van der Waals surface area contributed by atoms with E-state index in [0.29, 0.717) is 16.8 Å². The highest BCUT2D eigenvalue weighted by Crippen LogP contribution is 2.22. The number of nitrogens with two attached hydrogens (primary N) is 1. The maximum atomic E-state index is 12.7. The van der Waals surface area contributed by atoms with Crippen LogP contribution >= 0.6 is 0 Å². The molecule has 2 aromatic rings. The number of carbonyl (C=O) groups is 2. The Balaban J connectivity index is 1.59. The largest absolute Gasteiger partial charge is 0.443 e. The van der Waals surface area contributed by atoms with Crippen LogP contribution in [0.5, 0.6) is 0 Å². The van der Waals surface area contributed by atoms with E-state index in [2.05, 4.69) is 15.8 Å². The van der Waals surface area contributed by atoms with Crippen LogP contribution in [0.25, 0.3) is 0 Å². The molecule has 0 aliphatic carbocycles. The van der Waals surface area contributed by atoms with Crippen molar-refractivity contribution in [2.24, 2.45) is 0 Å². The summed E-state index contributed by atoms with van der Waals surface area (Å²) >= 11 is 0. The average Bonchev–Trinajstić information content (AvgIpc) is 2.71. The third-order valence-corrected chi connectivity index (χ3v) is 4.90. The molecular weight excluding hydrogens is 380 g/mol. The molecule has 0 bridgehead atoms. The molecule has 2 aromatic carbocycles. The number of para-hydroxylation sites is 1. The predicted octanol–water partition coefficient (Wildman–Crippen LogP) is 3.50. The van der Waals surface area contributed by atoms with E-state index < -0.39 is 11.7 Å². The molecule has 0 aromatic heterocycles. The van der Waals surface area contributed by atoms with Crippen molar-refractivity contribution in [2.45, 2.75) is 45.3 Å². The predicted molar refractivity (Wildman–Crippen MR) is 118 cm³/mol. The number of hydrazine groups is 1. The Morgan fingerprint density at radius 3 is 2.47 bits per heavy atom. The van der Waals surface area contributed by atoms with Crippen LogP contribution in [0.1, 0.15) is 49.5 Å². The highest BCUT2D eigenvalue weighted by Gasteiger charge is 2.22. The topological polar surface area (TPSA) is 96.7 Å². The van der Waals surface area contributed by atoms with Gasteiger partial charge in [-0.2, -0.15) is 0 Å². The molecule has 1 aliphatic rings. The lowest BCUT2D eigenvalue weighted by molar-refractivity contribution is 0.0485. The van der Waals surface area contributed by atoms with Gasteiger partial charge in [0.25, 0.3) is 0 Å². The molecule has 7 nitrogen and oxygen atoms in total. The number of nitrogens with zero attached hydrogens (tertiary/aromatic N) is 1. The number of nitrogens with one attached hydrogen (secondary N) is 2. The highest BCUT2D eigenvalue weighted by molar-refractivity contribution is 6.12. The number of hydrogen-bond acceptors (Lipinski definition) is 6. The second kappa shape index (κ2) is 9.17. The van der Waals surface area contributed by atoms with Crippen molar-refractivity contribution in [3.63, 3.8) is 0 Å². The molecular formula is C23H30N4O3. The zero-order valence-electron chi connectivity index (χ0n) is 17.8. The van der Waals surface area contributed by atoms with Gasteiger partial charge in [0.1, 0.15) is 5.60 Å². The molecule has 0 radical (unpaired) electrons. The van der Waals surface area contributed by atoms with Crippen LogP contribution in [0, 0.1) is 0 Å². The molecule has 7 heteroatoms. The Morgan fingerprint density at radius 2 is 1.80 bits per heavy atom. The monoisotopic (exact) mass is 410 g/mol. The number of hydrogen-bond donors (Lipinski definition) is 3. The molecule has 0 spiro atoms. The minimum Gasteiger partial charge on any atom is -0.443 e. The van der Waals surface area contributed by atoms with E-state index in [0.717, 1.165) is 31.6 Å². The van der Waals surface area contributed by atoms with Gasteiger partial charge in [0, 0.05) is 41.6 Å².